The van der Waals surface area contributed by atoms with Gasteiger partial charge in [0, 0.05) is 32.2 Å². The van der Waals surface area contributed by atoms with Crippen LogP contribution in [0.2, 0.25) is 5.02 Å². The summed E-state index contributed by atoms with van der Waals surface area (Å²) in [6, 6.07) is 4.31. The molecule has 0 unspecified atom stereocenters. The lowest BCUT2D eigenvalue weighted by atomic mass is 9.97. The van der Waals surface area contributed by atoms with Crippen molar-refractivity contribution in [2.45, 2.75) is 25.1 Å². The highest BCUT2D eigenvalue weighted by atomic mass is 35.5. The van der Waals surface area contributed by atoms with Crippen LogP contribution in [-0.4, -0.2) is 31.1 Å². The summed E-state index contributed by atoms with van der Waals surface area (Å²) >= 11 is 6.12. The maximum atomic E-state index is 13.0. The number of piperazine rings is 1. The van der Waals surface area contributed by atoms with Crippen molar-refractivity contribution in [3.63, 3.8) is 0 Å². The Kier molecular flexibility index (Phi) is 4.17. The lowest BCUT2D eigenvalue weighted by Gasteiger charge is -2.36. The van der Waals surface area contributed by atoms with Gasteiger partial charge >= 0.3 is 6.18 Å². The summed E-state index contributed by atoms with van der Waals surface area (Å²) in [6.07, 6.45) is -2.26. The highest BCUT2D eigenvalue weighted by Gasteiger charge is 2.40. The summed E-state index contributed by atoms with van der Waals surface area (Å²) in [5.74, 6) is 0.434. The first-order valence-corrected chi connectivity index (χ1v) is 7.66. The first-order chi connectivity index (χ1) is 9.98. The van der Waals surface area contributed by atoms with E-state index in [9.17, 15) is 13.2 Å². The van der Waals surface area contributed by atoms with Gasteiger partial charge in [0.05, 0.1) is 10.6 Å². The number of benzene rings is 1. The molecule has 116 valence electrons. The second-order valence-corrected chi connectivity index (χ2v) is 6.15. The van der Waals surface area contributed by atoms with Crippen LogP contribution in [0.15, 0.2) is 18.2 Å². The molecule has 1 heterocycles. The number of hydrogen-bond donors (Lipinski definition) is 1. The molecule has 1 aromatic carbocycles. The van der Waals surface area contributed by atoms with Crippen molar-refractivity contribution in [2.75, 3.05) is 26.2 Å². The third kappa shape index (κ3) is 3.20. The van der Waals surface area contributed by atoms with Crippen LogP contribution in [0, 0.1) is 5.92 Å². The number of alkyl halides is 3. The summed E-state index contributed by atoms with van der Waals surface area (Å²) in [5.41, 5.74) is -0.0849. The van der Waals surface area contributed by atoms with E-state index in [0.717, 1.165) is 45.1 Å². The van der Waals surface area contributed by atoms with Crippen molar-refractivity contribution in [3.8, 4) is 0 Å². The largest absolute Gasteiger partial charge is 0.417 e. The second-order valence-electron chi connectivity index (χ2n) is 5.77. The fraction of sp³-hybridized carbons (Fsp3) is 0.600. The molecular weight excluding hydrogens is 301 g/mol. The zero-order valence-corrected chi connectivity index (χ0v) is 12.3. The van der Waals surface area contributed by atoms with Gasteiger partial charge in [0.1, 0.15) is 0 Å². The summed E-state index contributed by atoms with van der Waals surface area (Å²) in [7, 11) is 0. The van der Waals surface area contributed by atoms with Crippen LogP contribution >= 0.6 is 11.6 Å². The average molecular weight is 319 g/mol. The van der Waals surface area contributed by atoms with Gasteiger partial charge in [0.2, 0.25) is 0 Å². The summed E-state index contributed by atoms with van der Waals surface area (Å²) in [5, 5.41) is 3.15. The standard InChI is InChI=1S/C15H18ClF3N2/c16-13-11(2-1-3-12(13)15(17,18)19)14(10-4-5-10)21-8-6-20-7-9-21/h1-3,10,14,20H,4-9H2/t14-/m1/s1. The first-order valence-electron chi connectivity index (χ1n) is 7.29. The van der Waals surface area contributed by atoms with Crippen molar-refractivity contribution >= 4 is 11.6 Å². The number of halogens is 4. The molecule has 6 heteroatoms. The Hall–Kier alpha value is -0.780. The molecule has 0 aromatic heterocycles. The molecule has 21 heavy (non-hydrogen) atoms. The van der Waals surface area contributed by atoms with Gasteiger partial charge in [-0.05, 0) is 30.4 Å². The maximum absolute atomic E-state index is 13.0. The van der Waals surface area contributed by atoms with Gasteiger partial charge in [-0.15, -0.1) is 0 Å². The lowest BCUT2D eigenvalue weighted by Crippen LogP contribution is -2.45. The summed E-state index contributed by atoms with van der Waals surface area (Å²) < 4.78 is 39.1. The van der Waals surface area contributed by atoms with Crippen LogP contribution < -0.4 is 5.32 Å². The third-order valence-corrected chi connectivity index (χ3v) is 4.69. The van der Waals surface area contributed by atoms with Gasteiger partial charge in [0.15, 0.2) is 0 Å². The molecule has 0 bridgehead atoms. The van der Waals surface area contributed by atoms with Gasteiger partial charge in [0.25, 0.3) is 0 Å². The van der Waals surface area contributed by atoms with E-state index in [-0.39, 0.29) is 11.1 Å². The molecular formula is C15H18ClF3N2. The monoisotopic (exact) mass is 318 g/mol. The molecule has 0 radical (unpaired) electrons. The molecule has 2 nitrogen and oxygen atoms in total. The van der Waals surface area contributed by atoms with Crippen LogP contribution in [0.25, 0.3) is 0 Å². The molecule has 1 aromatic rings. The predicted molar refractivity (Wildman–Crippen MR) is 76.4 cm³/mol. The molecule has 1 saturated heterocycles. The number of rotatable bonds is 3. The zero-order valence-electron chi connectivity index (χ0n) is 11.6. The SMILES string of the molecule is FC(F)(F)c1cccc([C@@H](C2CC2)N2CCNCC2)c1Cl. The molecule has 1 aliphatic heterocycles. The molecule has 1 atom stereocenters. The molecule has 3 rings (SSSR count). The minimum Gasteiger partial charge on any atom is -0.314 e. The van der Waals surface area contributed by atoms with Gasteiger partial charge in [-0.1, -0.05) is 23.7 Å². The van der Waals surface area contributed by atoms with Gasteiger partial charge in [-0.25, -0.2) is 0 Å². The van der Waals surface area contributed by atoms with E-state index in [2.05, 4.69) is 10.2 Å². The van der Waals surface area contributed by atoms with Crippen molar-refractivity contribution in [3.05, 3.63) is 34.3 Å². The highest BCUT2D eigenvalue weighted by molar-refractivity contribution is 6.32. The molecule has 1 aliphatic carbocycles. The third-order valence-electron chi connectivity index (χ3n) is 4.27. The molecule has 1 N–H and O–H groups in total. The highest BCUT2D eigenvalue weighted by Crippen LogP contribution is 2.48. The Bertz CT molecular complexity index is 508. The Morgan fingerprint density at radius 1 is 1.19 bits per heavy atom. The summed E-state index contributed by atoms with van der Waals surface area (Å²) in [4.78, 5) is 2.27. The zero-order chi connectivity index (χ0) is 15.0. The topological polar surface area (TPSA) is 15.3 Å². The van der Waals surface area contributed by atoms with E-state index in [4.69, 9.17) is 11.6 Å². The average Bonchev–Trinajstić information content (AvgIpc) is 3.26. The first kappa shape index (κ1) is 15.1. The quantitative estimate of drug-likeness (QED) is 0.914. The Labute approximate surface area is 127 Å². The number of nitrogens with one attached hydrogen (secondary N) is 1. The van der Waals surface area contributed by atoms with Crippen LogP contribution in [-0.2, 0) is 6.18 Å². The molecule has 2 aliphatic rings. The minimum absolute atomic E-state index is 0.0156. The van der Waals surface area contributed by atoms with Crippen molar-refractivity contribution < 1.29 is 13.2 Å². The fourth-order valence-electron chi connectivity index (χ4n) is 3.12. The van der Waals surface area contributed by atoms with Crippen LogP contribution in [0.3, 0.4) is 0 Å². The van der Waals surface area contributed by atoms with Crippen molar-refractivity contribution in [2.24, 2.45) is 5.92 Å². The predicted octanol–water partition coefficient (Wildman–Crippen LogP) is 3.72. The Morgan fingerprint density at radius 3 is 2.43 bits per heavy atom. The molecule has 0 spiro atoms. The van der Waals surface area contributed by atoms with Crippen LogP contribution in [0.4, 0.5) is 13.2 Å². The van der Waals surface area contributed by atoms with E-state index in [1.165, 1.54) is 6.07 Å². The van der Waals surface area contributed by atoms with E-state index >= 15 is 0 Å². The molecule has 2 fully saturated rings. The lowest BCUT2D eigenvalue weighted by molar-refractivity contribution is -0.137. The van der Waals surface area contributed by atoms with Gasteiger partial charge < -0.3 is 5.32 Å². The van der Waals surface area contributed by atoms with E-state index in [1.807, 2.05) is 0 Å². The fourth-order valence-corrected chi connectivity index (χ4v) is 3.46. The number of hydrogen-bond acceptors (Lipinski definition) is 2. The van der Waals surface area contributed by atoms with Crippen molar-refractivity contribution in [1.82, 2.24) is 10.2 Å². The number of nitrogens with zero attached hydrogens (tertiary/aromatic N) is 1. The Morgan fingerprint density at radius 2 is 1.86 bits per heavy atom. The van der Waals surface area contributed by atoms with Crippen LogP contribution in [0.1, 0.15) is 30.0 Å². The molecule has 0 amide bonds. The minimum atomic E-state index is -4.40. The van der Waals surface area contributed by atoms with Gasteiger partial charge in [-0.2, -0.15) is 13.2 Å². The van der Waals surface area contributed by atoms with Gasteiger partial charge in [-0.3, -0.25) is 4.90 Å². The normalized spacial score (nSPS) is 22.3. The Balaban J connectivity index is 1.96. The maximum Gasteiger partial charge on any atom is 0.417 e. The van der Waals surface area contributed by atoms with E-state index in [1.54, 1.807) is 6.07 Å². The van der Waals surface area contributed by atoms with E-state index < -0.39 is 11.7 Å². The smallest absolute Gasteiger partial charge is 0.314 e. The summed E-state index contributed by atoms with van der Waals surface area (Å²) in [6.45, 7) is 3.46. The van der Waals surface area contributed by atoms with E-state index in [0.29, 0.717) is 11.5 Å². The second kappa shape index (κ2) is 5.78. The molecule has 1 saturated carbocycles. The van der Waals surface area contributed by atoms with Crippen LogP contribution in [0.5, 0.6) is 0 Å². The van der Waals surface area contributed by atoms with Crippen molar-refractivity contribution in [1.29, 1.82) is 0 Å².